The molecule has 1 rings (SSSR count). The van der Waals surface area contributed by atoms with Crippen LogP contribution < -0.4 is 5.32 Å². The van der Waals surface area contributed by atoms with E-state index >= 15 is 0 Å². The minimum atomic E-state index is 0.0192. The molecule has 0 bridgehead atoms. The lowest BCUT2D eigenvalue weighted by atomic mass is 9.73. The van der Waals surface area contributed by atoms with Gasteiger partial charge in [0.25, 0.3) is 0 Å². The molecule has 0 radical (unpaired) electrons. The molecule has 94 valence electrons. The molecule has 0 aromatic heterocycles. The zero-order valence-electron chi connectivity index (χ0n) is 11.3. The lowest BCUT2D eigenvalue weighted by Crippen LogP contribution is -2.53. The summed E-state index contributed by atoms with van der Waals surface area (Å²) in [7, 11) is 3.90. The fourth-order valence-corrected chi connectivity index (χ4v) is 3.09. The molecule has 2 heteroatoms. The number of hydrogen-bond donors (Lipinski definition) is 1. The van der Waals surface area contributed by atoms with Crippen molar-refractivity contribution < 1.29 is 4.74 Å². The second-order valence-electron chi connectivity index (χ2n) is 5.47. The molecule has 0 aromatic carbocycles. The van der Waals surface area contributed by atoms with Crippen LogP contribution >= 0.6 is 0 Å². The van der Waals surface area contributed by atoms with E-state index in [1.165, 1.54) is 31.3 Å². The van der Waals surface area contributed by atoms with Crippen LogP contribution in [0.15, 0.2) is 12.2 Å². The normalized spacial score (nSPS) is 32.4. The summed E-state index contributed by atoms with van der Waals surface area (Å²) >= 11 is 0. The summed E-state index contributed by atoms with van der Waals surface area (Å²) in [4.78, 5) is 0. The van der Waals surface area contributed by atoms with E-state index in [1.807, 2.05) is 14.2 Å². The van der Waals surface area contributed by atoms with Gasteiger partial charge in [-0.2, -0.15) is 0 Å². The molecule has 0 aliphatic heterocycles. The van der Waals surface area contributed by atoms with E-state index in [9.17, 15) is 0 Å². The van der Waals surface area contributed by atoms with Gasteiger partial charge < -0.3 is 10.1 Å². The molecule has 0 saturated heterocycles. The average Bonchev–Trinajstić information content (AvgIpc) is 2.25. The summed E-state index contributed by atoms with van der Waals surface area (Å²) in [5, 5.41) is 3.43. The van der Waals surface area contributed by atoms with Gasteiger partial charge in [0.15, 0.2) is 0 Å². The third-order valence-corrected chi connectivity index (χ3v) is 3.93. The summed E-state index contributed by atoms with van der Waals surface area (Å²) in [6.07, 6.45) is 5.98. The van der Waals surface area contributed by atoms with Crippen molar-refractivity contribution in [1.29, 1.82) is 0 Å². The van der Waals surface area contributed by atoms with E-state index in [0.717, 1.165) is 12.3 Å². The van der Waals surface area contributed by atoms with Gasteiger partial charge in [0.2, 0.25) is 0 Å². The number of rotatable bonds is 5. The van der Waals surface area contributed by atoms with Gasteiger partial charge in [-0.3, -0.25) is 0 Å². The Hall–Kier alpha value is -0.340. The maximum Gasteiger partial charge on any atom is 0.0836 e. The monoisotopic (exact) mass is 225 g/mol. The van der Waals surface area contributed by atoms with Crippen molar-refractivity contribution >= 4 is 0 Å². The Morgan fingerprint density at radius 1 is 1.62 bits per heavy atom. The standard InChI is InChI=1S/C14H27NO/c1-11(2)9-13(15-4)14(16-5)8-6-7-12(3)10-14/h12-13,15H,1,6-10H2,2-5H3. The Kier molecular flexibility index (Phi) is 5.00. The highest BCUT2D eigenvalue weighted by Crippen LogP contribution is 2.38. The third kappa shape index (κ3) is 3.08. The molecule has 1 fully saturated rings. The summed E-state index contributed by atoms with van der Waals surface area (Å²) in [6.45, 7) is 8.46. The maximum atomic E-state index is 5.90. The van der Waals surface area contributed by atoms with Crippen LogP contribution in [0.5, 0.6) is 0 Å². The fraction of sp³-hybridized carbons (Fsp3) is 0.857. The van der Waals surface area contributed by atoms with Gasteiger partial charge in [-0.25, -0.2) is 0 Å². The molecule has 1 N–H and O–H groups in total. The van der Waals surface area contributed by atoms with Crippen molar-refractivity contribution in [2.24, 2.45) is 5.92 Å². The number of likely N-dealkylation sites (N-methyl/N-ethyl adjacent to an activating group) is 1. The van der Waals surface area contributed by atoms with Gasteiger partial charge in [-0.15, -0.1) is 6.58 Å². The first-order valence-corrected chi connectivity index (χ1v) is 6.41. The number of ether oxygens (including phenoxy) is 1. The fourth-order valence-electron chi connectivity index (χ4n) is 3.09. The van der Waals surface area contributed by atoms with Crippen molar-refractivity contribution in [2.45, 2.75) is 57.6 Å². The van der Waals surface area contributed by atoms with Gasteiger partial charge >= 0.3 is 0 Å². The first-order valence-electron chi connectivity index (χ1n) is 6.41. The zero-order chi connectivity index (χ0) is 12.2. The smallest absolute Gasteiger partial charge is 0.0836 e. The predicted octanol–water partition coefficient (Wildman–Crippen LogP) is 3.14. The van der Waals surface area contributed by atoms with Crippen molar-refractivity contribution in [3.8, 4) is 0 Å². The van der Waals surface area contributed by atoms with Crippen LogP contribution in [0.4, 0.5) is 0 Å². The molecule has 0 amide bonds. The van der Waals surface area contributed by atoms with E-state index in [1.54, 1.807) is 0 Å². The van der Waals surface area contributed by atoms with E-state index in [2.05, 4.69) is 25.7 Å². The molecule has 0 heterocycles. The van der Waals surface area contributed by atoms with E-state index in [4.69, 9.17) is 4.74 Å². The van der Waals surface area contributed by atoms with Crippen LogP contribution in [0.3, 0.4) is 0 Å². The maximum absolute atomic E-state index is 5.90. The molecule has 2 nitrogen and oxygen atoms in total. The van der Waals surface area contributed by atoms with Crippen molar-refractivity contribution in [2.75, 3.05) is 14.2 Å². The van der Waals surface area contributed by atoms with Crippen LogP contribution in [0.25, 0.3) is 0 Å². The third-order valence-electron chi connectivity index (χ3n) is 3.93. The van der Waals surface area contributed by atoms with Gasteiger partial charge in [0.1, 0.15) is 0 Å². The number of hydrogen-bond acceptors (Lipinski definition) is 2. The molecule has 3 unspecified atom stereocenters. The highest BCUT2D eigenvalue weighted by molar-refractivity contribution is 5.03. The average molecular weight is 225 g/mol. The Bertz CT molecular complexity index is 239. The Labute approximate surface area is 100 Å². The van der Waals surface area contributed by atoms with Gasteiger partial charge in [-0.05, 0) is 39.2 Å². The summed E-state index contributed by atoms with van der Waals surface area (Å²) in [5.41, 5.74) is 1.25. The van der Waals surface area contributed by atoms with E-state index < -0.39 is 0 Å². The Morgan fingerprint density at radius 2 is 2.31 bits per heavy atom. The van der Waals surface area contributed by atoms with E-state index in [0.29, 0.717) is 6.04 Å². The molecule has 1 aliphatic carbocycles. The number of methoxy groups -OCH3 is 1. The lowest BCUT2D eigenvalue weighted by molar-refractivity contribution is -0.0775. The van der Waals surface area contributed by atoms with E-state index in [-0.39, 0.29) is 5.60 Å². The topological polar surface area (TPSA) is 21.3 Å². The Morgan fingerprint density at radius 3 is 2.75 bits per heavy atom. The van der Waals surface area contributed by atoms with Crippen LogP contribution in [-0.2, 0) is 4.74 Å². The second-order valence-corrected chi connectivity index (χ2v) is 5.47. The van der Waals surface area contributed by atoms with Crippen LogP contribution in [0.2, 0.25) is 0 Å². The van der Waals surface area contributed by atoms with Gasteiger partial charge in [0, 0.05) is 13.2 Å². The minimum Gasteiger partial charge on any atom is -0.377 e. The predicted molar refractivity (Wildman–Crippen MR) is 69.7 cm³/mol. The van der Waals surface area contributed by atoms with Gasteiger partial charge in [-0.1, -0.05) is 25.3 Å². The SMILES string of the molecule is C=C(C)CC(NC)C1(OC)CCCC(C)C1. The van der Waals surface area contributed by atoms with Crippen molar-refractivity contribution in [1.82, 2.24) is 5.32 Å². The Balaban J connectivity index is 2.78. The summed E-state index contributed by atoms with van der Waals surface area (Å²) in [5.74, 6) is 0.773. The lowest BCUT2D eigenvalue weighted by Gasteiger charge is -2.44. The molecule has 1 aliphatic rings. The molecule has 1 saturated carbocycles. The molecule has 3 atom stereocenters. The summed E-state index contributed by atoms with van der Waals surface area (Å²) < 4.78 is 5.90. The molecular weight excluding hydrogens is 198 g/mol. The number of nitrogens with one attached hydrogen (secondary N) is 1. The second kappa shape index (κ2) is 5.83. The zero-order valence-corrected chi connectivity index (χ0v) is 11.3. The quantitative estimate of drug-likeness (QED) is 0.726. The largest absolute Gasteiger partial charge is 0.377 e. The van der Waals surface area contributed by atoms with Crippen molar-refractivity contribution in [3.05, 3.63) is 12.2 Å². The molecule has 0 spiro atoms. The summed E-state index contributed by atoms with van der Waals surface area (Å²) in [6, 6.07) is 0.401. The first kappa shape index (κ1) is 13.7. The van der Waals surface area contributed by atoms with Crippen LogP contribution in [0, 0.1) is 5.92 Å². The highest BCUT2D eigenvalue weighted by Gasteiger charge is 2.41. The highest BCUT2D eigenvalue weighted by atomic mass is 16.5. The molecule has 16 heavy (non-hydrogen) atoms. The minimum absolute atomic E-state index is 0.0192. The van der Waals surface area contributed by atoms with Crippen LogP contribution in [-0.4, -0.2) is 25.8 Å². The van der Waals surface area contributed by atoms with Gasteiger partial charge in [0.05, 0.1) is 5.60 Å². The van der Waals surface area contributed by atoms with Crippen LogP contribution in [0.1, 0.15) is 46.0 Å². The first-order chi connectivity index (χ1) is 7.54. The molecule has 0 aromatic rings. The molecular formula is C14H27NO. The van der Waals surface area contributed by atoms with Crippen molar-refractivity contribution in [3.63, 3.8) is 0 Å².